The summed E-state index contributed by atoms with van der Waals surface area (Å²) in [5.41, 5.74) is 1.69. The number of benzene rings is 1. The monoisotopic (exact) mass is 294 g/mol. The number of nitrogens with one attached hydrogen (secondary N) is 1. The predicted molar refractivity (Wildman–Crippen MR) is 85.3 cm³/mol. The third kappa shape index (κ3) is 3.74. The van der Waals surface area contributed by atoms with Crippen LogP contribution in [0.5, 0.6) is 0 Å². The van der Waals surface area contributed by atoms with Crippen LogP contribution in [-0.4, -0.2) is 31.8 Å². The van der Waals surface area contributed by atoms with Gasteiger partial charge in [0.15, 0.2) is 0 Å². The Balaban J connectivity index is 2.22. The lowest BCUT2D eigenvalue weighted by Gasteiger charge is -2.40. The average molecular weight is 294 g/mol. The number of nitrogens with zero attached hydrogens (tertiary/aromatic N) is 1. The van der Waals surface area contributed by atoms with Crippen LogP contribution in [0.2, 0.25) is 0 Å². The van der Waals surface area contributed by atoms with E-state index < -0.39 is 0 Å². The van der Waals surface area contributed by atoms with E-state index in [0.717, 1.165) is 25.1 Å². The lowest BCUT2D eigenvalue weighted by molar-refractivity contribution is 0.0297. The molecule has 3 atom stereocenters. The summed E-state index contributed by atoms with van der Waals surface area (Å²) in [6, 6.07) is 6.03. The van der Waals surface area contributed by atoms with Gasteiger partial charge in [-0.2, -0.15) is 0 Å². The van der Waals surface area contributed by atoms with Gasteiger partial charge in [-0.3, -0.25) is 0 Å². The molecule has 3 nitrogen and oxygen atoms in total. The van der Waals surface area contributed by atoms with E-state index >= 15 is 0 Å². The Morgan fingerprint density at radius 1 is 1.43 bits per heavy atom. The Kier molecular flexibility index (Phi) is 5.59. The maximum absolute atomic E-state index is 14.6. The van der Waals surface area contributed by atoms with Gasteiger partial charge in [0.2, 0.25) is 0 Å². The van der Waals surface area contributed by atoms with Gasteiger partial charge in [-0.1, -0.05) is 19.9 Å². The second-order valence-corrected chi connectivity index (χ2v) is 5.85. The van der Waals surface area contributed by atoms with Gasteiger partial charge in [0.05, 0.1) is 24.4 Å². The fourth-order valence-corrected chi connectivity index (χ4v) is 2.93. The summed E-state index contributed by atoms with van der Waals surface area (Å²) in [6.07, 6.45) is 1.11. The Morgan fingerprint density at radius 2 is 2.19 bits per heavy atom. The predicted octanol–water partition coefficient (Wildman–Crippen LogP) is 3.50. The molecule has 1 heterocycles. The van der Waals surface area contributed by atoms with Crippen molar-refractivity contribution < 1.29 is 9.13 Å². The highest BCUT2D eigenvalue weighted by atomic mass is 19.1. The van der Waals surface area contributed by atoms with Crippen LogP contribution in [0, 0.1) is 5.82 Å². The quantitative estimate of drug-likeness (QED) is 0.899. The van der Waals surface area contributed by atoms with Gasteiger partial charge in [0.25, 0.3) is 0 Å². The van der Waals surface area contributed by atoms with Gasteiger partial charge >= 0.3 is 0 Å². The molecule has 1 aromatic carbocycles. The van der Waals surface area contributed by atoms with Crippen LogP contribution in [0.4, 0.5) is 10.1 Å². The number of hydrogen-bond acceptors (Lipinski definition) is 3. The zero-order valence-electron chi connectivity index (χ0n) is 13.5. The molecule has 0 spiro atoms. The van der Waals surface area contributed by atoms with Crippen molar-refractivity contribution >= 4 is 5.69 Å². The largest absolute Gasteiger partial charge is 0.375 e. The van der Waals surface area contributed by atoms with E-state index in [0.29, 0.717) is 12.3 Å². The maximum atomic E-state index is 14.6. The van der Waals surface area contributed by atoms with Crippen LogP contribution >= 0.6 is 0 Å². The van der Waals surface area contributed by atoms with Crippen molar-refractivity contribution in [2.75, 3.05) is 24.6 Å². The van der Waals surface area contributed by atoms with Gasteiger partial charge in [-0.25, -0.2) is 4.39 Å². The first-order valence-corrected chi connectivity index (χ1v) is 7.97. The molecule has 0 aromatic heterocycles. The van der Waals surface area contributed by atoms with Crippen LogP contribution in [-0.2, 0) is 4.74 Å². The molecule has 1 N–H and O–H groups in total. The van der Waals surface area contributed by atoms with Crippen molar-refractivity contribution in [2.24, 2.45) is 0 Å². The highest BCUT2D eigenvalue weighted by Gasteiger charge is 2.27. The highest BCUT2D eigenvalue weighted by molar-refractivity contribution is 5.51. The molecule has 0 aliphatic carbocycles. The molecule has 1 aromatic rings. The summed E-state index contributed by atoms with van der Waals surface area (Å²) in [4.78, 5) is 2.16. The fraction of sp³-hybridized carbons (Fsp3) is 0.647. The highest BCUT2D eigenvalue weighted by Crippen LogP contribution is 2.28. The second kappa shape index (κ2) is 7.23. The third-order valence-electron chi connectivity index (χ3n) is 4.23. The van der Waals surface area contributed by atoms with Gasteiger partial charge < -0.3 is 15.0 Å². The molecule has 0 saturated carbocycles. The van der Waals surface area contributed by atoms with E-state index in [9.17, 15) is 4.39 Å². The van der Waals surface area contributed by atoms with Crippen LogP contribution < -0.4 is 10.2 Å². The van der Waals surface area contributed by atoms with E-state index in [1.54, 1.807) is 6.07 Å². The van der Waals surface area contributed by atoms with Crippen molar-refractivity contribution in [3.63, 3.8) is 0 Å². The number of ether oxygens (including phenoxy) is 1. The molecule has 21 heavy (non-hydrogen) atoms. The van der Waals surface area contributed by atoms with Crippen molar-refractivity contribution in [3.05, 3.63) is 29.6 Å². The van der Waals surface area contributed by atoms with Gasteiger partial charge in [-0.15, -0.1) is 0 Å². The number of morpholine rings is 1. The zero-order chi connectivity index (χ0) is 15.4. The lowest BCUT2D eigenvalue weighted by atomic mass is 10.0. The molecule has 1 aliphatic rings. The first-order valence-electron chi connectivity index (χ1n) is 7.97. The van der Waals surface area contributed by atoms with E-state index in [1.165, 1.54) is 0 Å². The normalized spacial score (nSPS) is 24.1. The number of rotatable bonds is 5. The molecule has 0 amide bonds. The first-order chi connectivity index (χ1) is 10.1. The molecule has 4 heteroatoms. The fourth-order valence-electron chi connectivity index (χ4n) is 2.93. The van der Waals surface area contributed by atoms with Crippen molar-refractivity contribution in [1.29, 1.82) is 0 Å². The lowest BCUT2D eigenvalue weighted by Crippen LogP contribution is -2.49. The molecule has 1 saturated heterocycles. The van der Waals surface area contributed by atoms with E-state index in [-0.39, 0.29) is 24.0 Å². The van der Waals surface area contributed by atoms with E-state index in [4.69, 9.17) is 4.74 Å². The van der Waals surface area contributed by atoms with Crippen molar-refractivity contribution in [1.82, 2.24) is 5.32 Å². The summed E-state index contributed by atoms with van der Waals surface area (Å²) < 4.78 is 20.3. The SMILES string of the molecule is CCNC(C)c1ccc(N2CC(C)OCC2CC)c(F)c1. The molecular weight excluding hydrogens is 267 g/mol. The molecule has 118 valence electrons. The molecule has 0 bridgehead atoms. The summed E-state index contributed by atoms with van der Waals surface area (Å²) in [5.74, 6) is -0.134. The number of halogens is 1. The molecule has 0 radical (unpaired) electrons. The van der Waals surface area contributed by atoms with Gasteiger partial charge in [0.1, 0.15) is 5.82 Å². The maximum Gasteiger partial charge on any atom is 0.146 e. The molecule has 1 fully saturated rings. The summed E-state index contributed by atoms with van der Waals surface area (Å²) in [5, 5.41) is 3.31. The Hall–Kier alpha value is -1.13. The standard InChI is InChI=1S/C17H27FN2O/c1-5-15-11-21-12(3)10-20(15)17-8-7-14(9-16(17)18)13(4)19-6-2/h7-9,12-13,15,19H,5-6,10-11H2,1-4H3. The summed E-state index contributed by atoms with van der Waals surface area (Å²) >= 11 is 0. The number of anilines is 1. The molecule has 1 aliphatic heterocycles. The second-order valence-electron chi connectivity index (χ2n) is 5.85. The zero-order valence-corrected chi connectivity index (χ0v) is 13.5. The smallest absolute Gasteiger partial charge is 0.146 e. The van der Waals surface area contributed by atoms with Gasteiger partial charge in [0, 0.05) is 12.6 Å². The molecule has 2 rings (SSSR count). The topological polar surface area (TPSA) is 24.5 Å². The summed E-state index contributed by atoms with van der Waals surface area (Å²) in [7, 11) is 0. The minimum absolute atomic E-state index is 0.134. The Bertz CT molecular complexity index is 466. The van der Waals surface area contributed by atoms with Crippen LogP contribution in [0.15, 0.2) is 18.2 Å². The van der Waals surface area contributed by atoms with Crippen LogP contribution in [0.25, 0.3) is 0 Å². The molecule has 3 unspecified atom stereocenters. The van der Waals surface area contributed by atoms with E-state index in [2.05, 4.69) is 31.0 Å². The number of hydrogen-bond donors (Lipinski definition) is 1. The minimum atomic E-state index is -0.134. The van der Waals surface area contributed by atoms with E-state index in [1.807, 2.05) is 19.1 Å². The van der Waals surface area contributed by atoms with Gasteiger partial charge in [-0.05, 0) is 44.5 Å². The van der Waals surface area contributed by atoms with Crippen LogP contribution in [0.1, 0.15) is 45.7 Å². The molecular formula is C17H27FN2O. The Labute approximate surface area is 127 Å². The third-order valence-corrected chi connectivity index (χ3v) is 4.23. The summed E-state index contributed by atoms with van der Waals surface area (Å²) in [6.45, 7) is 10.6. The Morgan fingerprint density at radius 3 is 2.81 bits per heavy atom. The average Bonchev–Trinajstić information content (AvgIpc) is 2.47. The van der Waals surface area contributed by atoms with Crippen molar-refractivity contribution in [2.45, 2.75) is 52.3 Å². The first kappa shape index (κ1) is 16.2. The minimum Gasteiger partial charge on any atom is -0.375 e. The van der Waals surface area contributed by atoms with Crippen LogP contribution in [0.3, 0.4) is 0 Å². The van der Waals surface area contributed by atoms with Crippen molar-refractivity contribution in [3.8, 4) is 0 Å².